The van der Waals surface area contributed by atoms with Crippen molar-refractivity contribution < 1.29 is 92.0 Å². The number of hydrogen-bond acceptors (Lipinski definition) is 27. The molecule has 1 aromatic heterocycles. The standard InChI is InChI=1S/C84H121N27O20S/c1-41(2)34-56(105-75(125)59-18-13-33-111(59)76(126)55(17-12-32-94-80(90)91)99-63(114)20-7-6-19-62-67-58(40-132-62)106-83(129)107-67)70(120)96-39-64(115)100-57(35-42(3)4)74(124)103-52(71(121)97-43(5)69(119)102-53(16-11-31-93-79(88)89)72(122)104-54(27-28-65(116)117)73(123)101-51(68(85)118)15-10-30-92-78(86)87)14-8-9-29-95-81-108-82(110-84(130)109-81)98-44-21-24-47(50(36-44)77(127)128)66-48-25-22-45(112)37-60(48)131-61-38-46(113)23-26-49(61)66/h21-26,36-38,41-43,51-59,62,67,112H,6-20,27-35,39-40H2,1-5H3,(H2,85,118)(H,96,120)(H,97,121)(H,99,114)(H,100,115)(H,101,123)(H,102,119)(H,103,124)(H,104,122)(H,105,125)(H,116,117)(H,127,128)(H4,86,87,92)(H4,88,89,93)(H4,90,91,94)(H2,106,107,129)(H3,95,98,108,109,110,130)/t43-,51+,52?,53+,54-,55-,56-,57-,58?,59+,62?,67?/m0/s1. The van der Waals surface area contributed by atoms with Gasteiger partial charge in [0.15, 0.2) is 23.3 Å². The zero-order valence-corrected chi connectivity index (χ0v) is 74.8. The summed E-state index contributed by atoms with van der Waals surface area (Å²) in [6.07, 6.45) is 1.82. The summed E-state index contributed by atoms with van der Waals surface area (Å²) >= 11 is 1.76. The molecule has 13 amide bonds. The second-order valence-corrected chi connectivity index (χ2v) is 34.6. The van der Waals surface area contributed by atoms with Crippen molar-refractivity contribution in [2.75, 3.05) is 55.7 Å². The summed E-state index contributed by atoms with van der Waals surface area (Å²) in [4.78, 5) is 218. The largest absolute Gasteiger partial charge is 0.508 e. The number of carboxylic acids is 2. The van der Waals surface area contributed by atoms with E-state index in [-0.39, 0.29) is 214 Å². The zero-order valence-electron chi connectivity index (χ0n) is 74.0. The number of rotatable bonds is 53. The number of phenolic OH excluding ortho intramolecular Hbond substituents is 1. The highest BCUT2D eigenvalue weighted by atomic mass is 32.2. The molecule has 48 heteroatoms. The molecule has 8 rings (SSSR count). The maximum atomic E-state index is 14.8. The van der Waals surface area contributed by atoms with Gasteiger partial charge in [-0.15, -0.1) is 0 Å². The molecule has 132 heavy (non-hydrogen) atoms. The average Bonchev–Trinajstić information content (AvgIpc) is 1.13. The number of amides is 13. The number of nitrogens with one attached hydrogen (secondary N) is 19. The molecular weight excluding hydrogens is 1740 g/mol. The van der Waals surface area contributed by atoms with Gasteiger partial charge in [0.05, 0.1) is 24.2 Å². The molecule has 47 nitrogen and oxygen atoms in total. The van der Waals surface area contributed by atoms with Crippen LogP contribution in [0.5, 0.6) is 11.8 Å². The number of primary amides is 1. The number of guanidine groups is 3. The van der Waals surface area contributed by atoms with E-state index in [0.717, 1.165) is 12.2 Å². The van der Waals surface area contributed by atoms with Crippen molar-refractivity contribution in [3.8, 4) is 34.2 Å². The molecule has 3 fully saturated rings. The number of urea groups is 1. The number of carbonyl (C=O) groups is 14. The topological polar surface area (TPSA) is 760 Å². The van der Waals surface area contributed by atoms with E-state index in [4.69, 9.17) is 43.6 Å². The van der Waals surface area contributed by atoms with Gasteiger partial charge in [-0.2, -0.15) is 26.7 Å². The number of carbonyl (C=O) groups excluding carboxylic acids is 12. The molecule has 5 heterocycles. The van der Waals surface area contributed by atoms with Crippen molar-refractivity contribution in [2.24, 2.45) is 34.8 Å². The Kier molecular flexibility index (Phi) is 39.2. The minimum Gasteiger partial charge on any atom is -0.508 e. The van der Waals surface area contributed by atoms with Gasteiger partial charge in [0, 0.05) is 90.9 Å². The molecule has 12 atom stereocenters. The Morgan fingerprint density at radius 1 is 0.561 bits per heavy atom. The van der Waals surface area contributed by atoms with Crippen molar-refractivity contribution in [3.63, 3.8) is 0 Å². The first-order valence-corrected chi connectivity index (χ1v) is 44.7. The van der Waals surface area contributed by atoms with Gasteiger partial charge in [0.2, 0.25) is 76.9 Å². The molecule has 0 bridgehead atoms. The van der Waals surface area contributed by atoms with Crippen molar-refractivity contribution >= 4 is 141 Å². The Balaban J connectivity index is 0.962. The molecular formula is C84H121N27O20S. The fourth-order valence-electron chi connectivity index (χ4n) is 15.4. The summed E-state index contributed by atoms with van der Waals surface area (Å²) in [5.74, 6) is -13.2. The van der Waals surface area contributed by atoms with E-state index in [1.807, 2.05) is 0 Å². The van der Waals surface area contributed by atoms with E-state index < -0.39 is 157 Å². The number of aliphatic carboxylic acids is 1. The lowest BCUT2D eigenvalue weighted by molar-refractivity contribution is -0.142. The predicted molar refractivity (Wildman–Crippen MR) is 486 cm³/mol. The van der Waals surface area contributed by atoms with Gasteiger partial charge < -0.3 is 138 Å². The van der Waals surface area contributed by atoms with Gasteiger partial charge in [-0.1, -0.05) is 40.2 Å². The second-order valence-electron chi connectivity index (χ2n) is 33.3. The fraction of sp³-hybridized carbons (Fsp3) is 0.536. The lowest BCUT2D eigenvalue weighted by atomic mass is 9.90. The fourth-order valence-corrected chi connectivity index (χ4v) is 17.0. The van der Waals surface area contributed by atoms with Crippen LogP contribution in [-0.2, 0) is 57.5 Å². The number of thioether (sulfide) groups is 1. The average molecular weight is 1860 g/mol. The van der Waals surface area contributed by atoms with Crippen LogP contribution >= 0.6 is 11.8 Å². The first-order valence-electron chi connectivity index (χ1n) is 43.7. The number of unbranched alkanes of at least 4 members (excludes halogenated alkanes) is 2. The number of likely N-dealkylation sites (tertiary alicyclic amines) is 1. The van der Waals surface area contributed by atoms with Crippen LogP contribution in [-0.4, -0.2) is 258 Å². The van der Waals surface area contributed by atoms with Crippen molar-refractivity contribution in [1.82, 2.24) is 94.3 Å². The van der Waals surface area contributed by atoms with Crippen LogP contribution in [0, 0.1) is 28.1 Å². The van der Waals surface area contributed by atoms with Crippen LogP contribution in [0.2, 0.25) is 0 Å². The van der Waals surface area contributed by atoms with Crippen LogP contribution in [0.3, 0.4) is 0 Å². The molecule has 0 spiro atoms. The van der Waals surface area contributed by atoms with Gasteiger partial charge >= 0.3 is 24.0 Å². The molecule has 0 saturated carbocycles. The normalized spacial score (nSPS) is 16.8. The lowest BCUT2D eigenvalue weighted by Gasteiger charge is -2.30. The summed E-state index contributed by atoms with van der Waals surface area (Å²) in [5.41, 5.74) is 22.6. The molecule has 3 saturated heterocycles. The molecule has 5 aliphatic rings. The summed E-state index contributed by atoms with van der Waals surface area (Å²) in [6, 6.07) is -0.799. The number of nitrogens with zero attached hydrogens (tertiary/aromatic N) is 4. The number of carboxylic acid groups (broad SMARTS) is 2. The number of aromatic nitrogens is 3. The highest BCUT2D eigenvalue weighted by molar-refractivity contribution is 8.00. The summed E-state index contributed by atoms with van der Waals surface area (Å²) in [6.45, 7) is 8.01. The van der Waals surface area contributed by atoms with Crippen molar-refractivity contribution in [2.45, 2.75) is 228 Å². The van der Waals surface area contributed by atoms with E-state index in [9.17, 15) is 92.3 Å². The van der Waals surface area contributed by atoms with Gasteiger partial charge in [0.25, 0.3) is 0 Å². The first kappa shape index (κ1) is 103. The van der Waals surface area contributed by atoms with E-state index in [2.05, 4.69) is 100 Å². The smallest absolute Gasteiger partial charge is 0.336 e. The van der Waals surface area contributed by atoms with E-state index in [1.165, 1.54) is 60.4 Å². The van der Waals surface area contributed by atoms with Crippen LogP contribution in [0.4, 0.5) is 22.4 Å². The van der Waals surface area contributed by atoms with E-state index >= 15 is 0 Å². The SMILES string of the molecule is CC(C)C[C@H](NC(=O)CNC(=O)[C@H](CC(C)C)NC(=O)[C@H]1CCCN1C(=O)[C@H](CCCNC(=N)N)NC(=O)CCCCC1SCC2NC(=O)NC21)C(=O)NC(CCCCNc1nc(O)nc(Nc2ccc(-c3c4ccc(=O)cc-4oc4cc(O)ccc34)c(C(=O)O)c2)n1)C(=O)N[C@@H](C)C(=O)N[C@H](CCCNC(=N)N)C(=O)N[C@@H](CCC(=O)O)C(=O)N[C@H](CCCNC(=N)N)C(N)=O. The molecule has 718 valence electrons. The Morgan fingerprint density at radius 2 is 1.14 bits per heavy atom. The number of aromatic hydroxyl groups is 2. The number of fused-ring (bicyclic) bond motifs is 3. The minimum absolute atomic E-state index is 0.000962. The van der Waals surface area contributed by atoms with E-state index in [1.54, 1.807) is 45.5 Å². The number of hydrogen-bond donors (Lipinski definition) is 27. The molecule has 2 aromatic carbocycles. The number of phenols is 1. The highest BCUT2D eigenvalue weighted by Crippen LogP contribution is 2.43. The van der Waals surface area contributed by atoms with Crippen molar-refractivity contribution in [3.05, 3.63) is 70.4 Å². The molecule has 3 aromatic rings. The van der Waals surface area contributed by atoms with Crippen molar-refractivity contribution in [1.29, 1.82) is 16.2 Å². The van der Waals surface area contributed by atoms with Gasteiger partial charge in [-0.3, -0.25) is 78.6 Å². The molecule has 31 N–H and O–H groups in total. The Labute approximate surface area is 763 Å². The molecule has 0 radical (unpaired) electrons. The molecule has 1 aliphatic carbocycles. The number of benzene rings is 3. The van der Waals surface area contributed by atoms with E-state index in [0.29, 0.717) is 42.2 Å². The van der Waals surface area contributed by atoms with Crippen LogP contribution in [0.1, 0.15) is 167 Å². The number of nitrogens with two attached hydrogens (primary N) is 4. The summed E-state index contributed by atoms with van der Waals surface area (Å²) in [7, 11) is 0. The van der Waals surface area contributed by atoms with Crippen LogP contribution in [0.15, 0.2) is 63.8 Å². The lowest BCUT2D eigenvalue weighted by Crippen LogP contribution is -2.59. The highest BCUT2D eigenvalue weighted by Gasteiger charge is 2.44. The summed E-state index contributed by atoms with van der Waals surface area (Å²) in [5, 5.41) is 108. The van der Waals surface area contributed by atoms with Crippen LogP contribution in [0.25, 0.3) is 33.4 Å². The molecule has 4 unspecified atom stereocenters. The maximum absolute atomic E-state index is 14.8. The quantitative estimate of drug-likeness (QED) is 0.00741. The van der Waals surface area contributed by atoms with Gasteiger partial charge in [-0.25, -0.2) is 9.59 Å². The minimum atomic E-state index is -1.65. The van der Waals surface area contributed by atoms with Crippen LogP contribution < -0.4 is 113 Å². The Bertz CT molecular complexity index is 5040. The number of anilines is 3. The Morgan fingerprint density at radius 3 is 1.77 bits per heavy atom. The third-order valence-electron chi connectivity index (χ3n) is 21.9. The third-order valence-corrected chi connectivity index (χ3v) is 23.4. The maximum Gasteiger partial charge on any atom is 0.336 e. The number of aromatic carboxylic acids is 1. The zero-order chi connectivity index (χ0) is 96.6. The third kappa shape index (κ3) is 32.2. The monoisotopic (exact) mass is 1860 g/mol. The van der Waals surface area contributed by atoms with Gasteiger partial charge in [0.1, 0.15) is 71.5 Å². The first-order chi connectivity index (χ1) is 62.7. The second kappa shape index (κ2) is 50.2. The summed E-state index contributed by atoms with van der Waals surface area (Å²) < 4.78 is 5.96. The Hall–Kier alpha value is -14.1. The predicted octanol–water partition coefficient (Wildman–Crippen LogP) is -0.852. The van der Waals surface area contributed by atoms with Gasteiger partial charge in [-0.05, 0) is 163 Å². The molecule has 4 aliphatic heterocycles.